The van der Waals surface area contributed by atoms with Crippen LogP contribution in [0.2, 0.25) is 0 Å². The highest BCUT2D eigenvalue weighted by molar-refractivity contribution is 5.70. The molecule has 0 saturated heterocycles. The quantitative estimate of drug-likeness (QED) is 0.333. The highest BCUT2D eigenvalue weighted by Gasteiger charge is 2.01. The zero-order valence-corrected chi connectivity index (χ0v) is 16.8. The Morgan fingerprint density at radius 1 is 0.769 bits per heavy atom. The molecule has 0 fully saturated rings. The summed E-state index contributed by atoms with van der Waals surface area (Å²) in [6.45, 7) is 12.5. The van der Waals surface area contributed by atoms with Gasteiger partial charge < -0.3 is 18.9 Å². The highest BCUT2D eigenvalue weighted by Crippen LogP contribution is 2.20. The first-order valence-electron chi connectivity index (χ1n) is 9.52. The second-order valence-electron chi connectivity index (χ2n) is 6.03. The van der Waals surface area contributed by atoms with Gasteiger partial charge >= 0.3 is 0 Å². The van der Waals surface area contributed by atoms with Crippen molar-refractivity contribution in [1.29, 1.82) is 0 Å². The predicted octanol–water partition coefficient (Wildman–Crippen LogP) is 5.29. The average molecular weight is 363 g/mol. The van der Waals surface area contributed by atoms with E-state index in [1.807, 2.05) is 26.4 Å². The molecule has 1 aromatic rings. The van der Waals surface area contributed by atoms with Gasteiger partial charge in [0.1, 0.15) is 0 Å². The molecule has 0 aliphatic carbocycles. The van der Waals surface area contributed by atoms with Crippen LogP contribution >= 0.6 is 0 Å². The summed E-state index contributed by atoms with van der Waals surface area (Å²) in [6, 6.07) is 8.40. The minimum absolute atomic E-state index is 0.672. The highest BCUT2D eigenvalue weighted by atomic mass is 16.5. The van der Waals surface area contributed by atoms with Gasteiger partial charge in [-0.2, -0.15) is 0 Å². The Balaban J connectivity index is 2.49. The van der Waals surface area contributed by atoms with Gasteiger partial charge in [-0.25, -0.2) is 0 Å². The van der Waals surface area contributed by atoms with E-state index in [-0.39, 0.29) is 0 Å². The SMILES string of the molecule is CCOCCCOC=C(C)c1cccc(C(C)=COCCCOCC)c1. The van der Waals surface area contributed by atoms with Crippen LogP contribution in [0.5, 0.6) is 0 Å². The lowest BCUT2D eigenvalue weighted by Gasteiger charge is -2.08. The maximum absolute atomic E-state index is 5.62. The molecule has 0 bridgehead atoms. The summed E-state index contributed by atoms with van der Waals surface area (Å²) in [5, 5.41) is 0. The van der Waals surface area contributed by atoms with Crippen molar-refractivity contribution in [2.24, 2.45) is 0 Å². The maximum Gasteiger partial charge on any atom is 0.0895 e. The number of rotatable bonds is 14. The summed E-state index contributed by atoms with van der Waals surface area (Å²) >= 11 is 0. The molecule has 0 aliphatic heterocycles. The van der Waals surface area contributed by atoms with E-state index < -0.39 is 0 Å². The van der Waals surface area contributed by atoms with E-state index in [1.54, 1.807) is 0 Å². The van der Waals surface area contributed by atoms with E-state index in [9.17, 15) is 0 Å². The van der Waals surface area contributed by atoms with E-state index in [4.69, 9.17) is 18.9 Å². The lowest BCUT2D eigenvalue weighted by atomic mass is 10.0. The summed E-state index contributed by atoms with van der Waals surface area (Å²) in [6.07, 6.45) is 5.46. The Hall–Kier alpha value is -1.78. The Morgan fingerprint density at radius 2 is 1.23 bits per heavy atom. The van der Waals surface area contributed by atoms with Gasteiger partial charge in [-0.15, -0.1) is 0 Å². The molecule has 146 valence electrons. The van der Waals surface area contributed by atoms with Crippen molar-refractivity contribution < 1.29 is 18.9 Å². The smallest absolute Gasteiger partial charge is 0.0895 e. The topological polar surface area (TPSA) is 36.9 Å². The summed E-state index contributed by atoms with van der Waals surface area (Å²) in [4.78, 5) is 0. The molecule has 0 aliphatic rings. The van der Waals surface area contributed by atoms with E-state index >= 15 is 0 Å². The molecule has 1 rings (SSSR count). The molecular formula is C22H34O4. The number of hydrogen-bond donors (Lipinski definition) is 0. The Bertz CT molecular complexity index is 504. The molecule has 0 N–H and O–H groups in total. The van der Waals surface area contributed by atoms with Crippen LogP contribution in [0.4, 0.5) is 0 Å². The molecule has 1 aromatic carbocycles. The standard InChI is InChI=1S/C22H34O4/c1-5-23-12-8-14-25-17-19(3)21-10-7-11-22(16-21)20(4)18-26-15-9-13-24-6-2/h7,10-11,16-18H,5-6,8-9,12-15H2,1-4H3. The fourth-order valence-electron chi connectivity index (χ4n) is 2.29. The van der Waals surface area contributed by atoms with Crippen LogP contribution in [0.15, 0.2) is 36.8 Å². The van der Waals surface area contributed by atoms with E-state index in [1.165, 1.54) is 0 Å². The van der Waals surface area contributed by atoms with Crippen LogP contribution in [-0.4, -0.2) is 39.6 Å². The van der Waals surface area contributed by atoms with Crippen molar-refractivity contribution in [2.75, 3.05) is 39.6 Å². The molecule has 0 amide bonds. The predicted molar refractivity (Wildman–Crippen MR) is 108 cm³/mol. The van der Waals surface area contributed by atoms with Crippen molar-refractivity contribution in [2.45, 2.75) is 40.5 Å². The van der Waals surface area contributed by atoms with Crippen LogP contribution in [-0.2, 0) is 18.9 Å². The van der Waals surface area contributed by atoms with Crippen molar-refractivity contribution in [3.05, 3.63) is 47.9 Å². The van der Waals surface area contributed by atoms with E-state index in [0.717, 1.165) is 61.5 Å². The minimum Gasteiger partial charge on any atom is -0.501 e. The van der Waals surface area contributed by atoms with Gasteiger partial charge in [0.2, 0.25) is 0 Å². The molecule has 0 saturated carbocycles. The third-order valence-electron chi connectivity index (χ3n) is 3.80. The van der Waals surface area contributed by atoms with Gasteiger partial charge in [0.05, 0.1) is 25.7 Å². The lowest BCUT2D eigenvalue weighted by Crippen LogP contribution is -1.98. The molecule has 0 radical (unpaired) electrons. The van der Waals surface area contributed by atoms with Gasteiger partial charge in [-0.05, 0) is 56.0 Å². The summed E-state index contributed by atoms with van der Waals surface area (Å²) in [5.41, 5.74) is 4.51. The van der Waals surface area contributed by atoms with Crippen molar-refractivity contribution in [3.63, 3.8) is 0 Å². The molecule has 4 heteroatoms. The van der Waals surface area contributed by atoms with Crippen LogP contribution in [0.3, 0.4) is 0 Å². The first-order chi connectivity index (χ1) is 12.7. The number of ether oxygens (including phenoxy) is 4. The molecule has 0 aromatic heterocycles. The molecule has 4 nitrogen and oxygen atoms in total. The minimum atomic E-state index is 0.672. The average Bonchev–Trinajstić information content (AvgIpc) is 2.67. The number of allylic oxidation sites excluding steroid dienone is 2. The van der Waals surface area contributed by atoms with Gasteiger partial charge in [0, 0.05) is 39.3 Å². The molecule has 26 heavy (non-hydrogen) atoms. The van der Waals surface area contributed by atoms with Gasteiger partial charge in [-0.3, -0.25) is 0 Å². The second-order valence-corrected chi connectivity index (χ2v) is 6.03. The van der Waals surface area contributed by atoms with Crippen molar-refractivity contribution in [3.8, 4) is 0 Å². The fraction of sp³-hybridized carbons (Fsp3) is 0.545. The summed E-state index contributed by atoms with van der Waals surface area (Å²) in [5.74, 6) is 0. The van der Waals surface area contributed by atoms with Crippen LogP contribution in [0.1, 0.15) is 51.7 Å². The Kier molecular flexibility index (Phi) is 12.3. The Morgan fingerprint density at radius 3 is 1.65 bits per heavy atom. The summed E-state index contributed by atoms with van der Waals surface area (Å²) < 4.78 is 21.8. The van der Waals surface area contributed by atoms with Crippen LogP contribution < -0.4 is 0 Å². The van der Waals surface area contributed by atoms with Gasteiger partial charge in [-0.1, -0.05) is 18.2 Å². The third kappa shape index (κ3) is 9.64. The molecule has 0 atom stereocenters. The molecule has 0 unspecified atom stereocenters. The molecule has 0 spiro atoms. The van der Waals surface area contributed by atoms with Gasteiger partial charge in [0.15, 0.2) is 0 Å². The number of benzene rings is 1. The van der Waals surface area contributed by atoms with Crippen LogP contribution in [0.25, 0.3) is 11.1 Å². The fourth-order valence-corrected chi connectivity index (χ4v) is 2.29. The van der Waals surface area contributed by atoms with Gasteiger partial charge in [0.25, 0.3) is 0 Å². The first-order valence-corrected chi connectivity index (χ1v) is 9.52. The number of hydrogen-bond acceptors (Lipinski definition) is 4. The van der Waals surface area contributed by atoms with Crippen molar-refractivity contribution >= 4 is 11.1 Å². The van der Waals surface area contributed by atoms with E-state index in [0.29, 0.717) is 13.2 Å². The van der Waals surface area contributed by atoms with Crippen LogP contribution in [0, 0.1) is 0 Å². The molecular weight excluding hydrogens is 328 g/mol. The maximum atomic E-state index is 5.62. The second kappa shape index (κ2) is 14.4. The first kappa shape index (κ1) is 22.3. The zero-order chi connectivity index (χ0) is 19.0. The van der Waals surface area contributed by atoms with Crippen molar-refractivity contribution in [1.82, 2.24) is 0 Å². The zero-order valence-electron chi connectivity index (χ0n) is 16.8. The largest absolute Gasteiger partial charge is 0.501 e. The lowest BCUT2D eigenvalue weighted by molar-refractivity contribution is 0.122. The molecule has 0 heterocycles. The summed E-state index contributed by atoms with van der Waals surface area (Å²) in [7, 11) is 0. The monoisotopic (exact) mass is 362 g/mol. The third-order valence-corrected chi connectivity index (χ3v) is 3.80. The van der Waals surface area contributed by atoms with E-state index in [2.05, 4.69) is 38.1 Å². The normalized spacial score (nSPS) is 12.3. The Labute approximate surface area is 158 Å².